The number of allylic oxidation sites excluding steroid dienone is 1. The Kier molecular flexibility index (Phi) is 7.73. The number of benzene rings is 1. The van der Waals surface area contributed by atoms with Crippen LogP contribution >= 0.6 is 11.6 Å². The van der Waals surface area contributed by atoms with Gasteiger partial charge in [-0.25, -0.2) is 8.89 Å². The Morgan fingerprint density at radius 1 is 1.25 bits per heavy atom. The number of methoxy groups -OCH3 is 1. The third-order valence-electron chi connectivity index (χ3n) is 5.03. The molecule has 0 aliphatic carbocycles. The van der Waals surface area contributed by atoms with E-state index in [2.05, 4.69) is 9.46 Å². The van der Waals surface area contributed by atoms with Gasteiger partial charge in [0.15, 0.2) is 5.78 Å². The predicted molar refractivity (Wildman–Crippen MR) is 124 cm³/mol. The summed E-state index contributed by atoms with van der Waals surface area (Å²) in [5.74, 6) is 1.08. The summed E-state index contributed by atoms with van der Waals surface area (Å²) in [6.45, 7) is 1.53. The monoisotopic (exact) mass is 479 g/mol. The highest BCUT2D eigenvalue weighted by Crippen LogP contribution is 2.40. The Morgan fingerprint density at radius 3 is 2.62 bits per heavy atom. The quantitative estimate of drug-likeness (QED) is 0.417. The molecule has 3 rings (SSSR count). The van der Waals surface area contributed by atoms with E-state index >= 15 is 0 Å². The van der Waals surface area contributed by atoms with Crippen LogP contribution in [0.25, 0.3) is 0 Å². The van der Waals surface area contributed by atoms with Crippen LogP contribution in [0, 0.1) is 0 Å². The first kappa shape index (κ1) is 24.0. The molecule has 172 valence electrons. The zero-order valence-electron chi connectivity index (χ0n) is 18.3. The number of rotatable bonds is 8. The van der Waals surface area contributed by atoms with Gasteiger partial charge in [0.25, 0.3) is 0 Å². The van der Waals surface area contributed by atoms with Crippen molar-refractivity contribution in [3.63, 3.8) is 0 Å². The van der Waals surface area contributed by atoms with Gasteiger partial charge >= 0.3 is 0 Å². The highest BCUT2D eigenvalue weighted by Gasteiger charge is 2.25. The first-order valence-electron chi connectivity index (χ1n) is 10.2. The summed E-state index contributed by atoms with van der Waals surface area (Å²) in [5, 5.41) is 4.19. The molecule has 2 heterocycles. The van der Waals surface area contributed by atoms with Crippen molar-refractivity contribution in [2.45, 2.75) is 26.2 Å². The van der Waals surface area contributed by atoms with E-state index in [0.29, 0.717) is 17.3 Å². The lowest BCUT2D eigenvalue weighted by atomic mass is 10.0. The molecule has 0 atom stereocenters. The van der Waals surface area contributed by atoms with Gasteiger partial charge in [-0.05, 0) is 44.1 Å². The molecule has 1 saturated heterocycles. The van der Waals surface area contributed by atoms with Gasteiger partial charge in [0.05, 0.1) is 28.1 Å². The highest BCUT2D eigenvalue weighted by atomic mass is 35.5. The summed E-state index contributed by atoms with van der Waals surface area (Å²) >= 11 is 6.60. The summed E-state index contributed by atoms with van der Waals surface area (Å²) < 4.78 is 30.1. The molecule has 0 bridgehead atoms. The average molecular weight is 480 g/mol. The van der Waals surface area contributed by atoms with Crippen LogP contribution in [0.1, 0.15) is 42.1 Å². The number of aromatic nitrogens is 2. The lowest BCUT2D eigenvalue weighted by Gasteiger charge is -2.17. The SMILES string of the molecule is COc1ccc(C(=O)c2cnn(C)c2OC/C=C/C(C)=O)c(Cl)c1N=S1(=O)CCCCC1. The zero-order chi connectivity index (χ0) is 23.3. The molecule has 0 radical (unpaired) electrons. The van der Waals surface area contributed by atoms with Gasteiger partial charge in [-0.3, -0.25) is 9.59 Å². The Labute approximate surface area is 192 Å². The first-order chi connectivity index (χ1) is 15.3. The van der Waals surface area contributed by atoms with Crippen molar-refractivity contribution in [1.29, 1.82) is 0 Å². The summed E-state index contributed by atoms with van der Waals surface area (Å²) in [6, 6.07) is 3.14. The highest BCUT2D eigenvalue weighted by molar-refractivity contribution is 7.93. The fraction of sp³-hybridized carbons (Fsp3) is 0.409. The van der Waals surface area contributed by atoms with E-state index in [4.69, 9.17) is 21.1 Å². The number of hydrogen-bond donors (Lipinski definition) is 0. The maximum absolute atomic E-state index is 13.3. The average Bonchev–Trinajstić information content (AvgIpc) is 3.12. The van der Waals surface area contributed by atoms with E-state index in [0.717, 1.165) is 19.3 Å². The molecular weight excluding hydrogens is 454 g/mol. The molecule has 0 N–H and O–H groups in total. The molecule has 0 amide bonds. The van der Waals surface area contributed by atoms with Crippen LogP contribution in [0.4, 0.5) is 5.69 Å². The molecule has 8 nitrogen and oxygen atoms in total. The molecule has 1 aliphatic heterocycles. The van der Waals surface area contributed by atoms with Gasteiger partial charge in [-0.2, -0.15) is 9.46 Å². The van der Waals surface area contributed by atoms with E-state index in [1.165, 1.54) is 31.0 Å². The molecule has 2 aromatic rings. The van der Waals surface area contributed by atoms with Gasteiger partial charge in [-0.15, -0.1) is 0 Å². The van der Waals surface area contributed by atoms with E-state index in [1.807, 2.05) is 0 Å². The molecule has 0 unspecified atom stereocenters. The fourth-order valence-corrected chi connectivity index (χ4v) is 5.95. The second kappa shape index (κ2) is 10.3. The summed E-state index contributed by atoms with van der Waals surface area (Å²) in [7, 11) is 0.659. The van der Waals surface area contributed by atoms with Crippen LogP contribution in [-0.2, 0) is 21.6 Å². The minimum absolute atomic E-state index is 0.0777. The van der Waals surface area contributed by atoms with Gasteiger partial charge < -0.3 is 9.47 Å². The lowest BCUT2D eigenvalue weighted by Crippen LogP contribution is -2.16. The smallest absolute Gasteiger partial charge is 0.223 e. The van der Waals surface area contributed by atoms with Crippen molar-refractivity contribution in [3.8, 4) is 11.6 Å². The Hall–Kier alpha value is -2.65. The van der Waals surface area contributed by atoms with Crippen molar-refractivity contribution in [2.75, 3.05) is 25.2 Å². The molecule has 1 aromatic heterocycles. The molecule has 1 aromatic carbocycles. The molecule has 32 heavy (non-hydrogen) atoms. The number of aryl methyl sites for hydroxylation is 1. The predicted octanol–water partition coefficient (Wildman–Crippen LogP) is 4.12. The maximum Gasteiger partial charge on any atom is 0.223 e. The number of ether oxygens (including phenoxy) is 2. The third kappa shape index (κ3) is 5.39. The standard InChI is InChI=1S/C22H26ClN3O5S/c1-15(27)8-7-11-31-22-17(14-24-26(22)2)21(28)16-9-10-18(30-3)20(19(16)23)25-32(29)12-5-4-6-13-32/h7-10,14H,4-6,11-13H2,1-3H3/b8-7+. The number of carbonyl (C=O) groups excluding carboxylic acids is 2. The van der Waals surface area contributed by atoms with Crippen LogP contribution in [0.5, 0.6) is 11.6 Å². The fourth-order valence-electron chi connectivity index (χ4n) is 3.40. The zero-order valence-corrected chi connectivity index (χ0v) is 19.9. The van der Waals surface area contributed by atoms with Crippen molar-refractivity contribution in [3.05, 3.63) is 46.6 Å². The van der Waals surface area contributed by atoms with Crippen molar-refractivity contribution in [1.82, 2.24) is 9.78 Å². The van der Waals surface area contributed by atoms with Crippen molar-refractivity contribution in [2.24, 2.45) is 11.4 Å². The van der Waals surface area contributed by atoms with Crippen LogP contribution in [-0.4, -0.2) is 50.8 Å². The maximum atomic E-state index is 13.3. The number of halogens is 1. The van der Waals surface area contributed by atoms with Gasteiger partial charge in [0.1, 0.15) is 23.6 Å². The summed E-state index contributed by atoms with van der Waals surface area (Å²) in [6.07, 6.45) is 7.05. The summed E-state index contributed by atoms with van der Waals surface area (Å²) in [4.78, 5) is 24.4. The number of carbonyl (C=O) groups is 2. The third-order valence-corrected chi connectivity index (χ3v) is 7.78. The molecule has 10 heteroatoms. The van der Waals surface area contributed by atoms with E-state index < -0.39 is 15.5 Å². The first-order valence-corrected chi connectivity index (χ1v) is 12.4. The molecule has 1 fully saturated rings. The second-order valence-corrected chi connectivity index (χ2v) is 10.4. The Morgan fingerprint density at radius 2 is 1.97 bits per heavy atom. The van der Waals surface area contributed by atoms with Crippen molar-refractivity contribution >= 4 is 38.6 Å². The van der Waals surface area contributed by atoms with Crippen LogP contribution in [0.2, 0.25) is 5.02 Å². The summed E-state index contributed by atoms with van der Waals surface area (Å²) in [5.41, 5.74) is 0.619. The Bertz CT molecular complexity index is 1170. The lowest BCUT2D eigenvalue weighted by molar-refractivity contribution is -0.112. The van der Waals surface area contributed by atoms with Gasteiger partial charge in [0.2, 0.25) is 11.7 Å². The van der Waals surface area contributed by atoms with Gasteiger partial charge in [0, 0.05) is 24.1 Å². The van der Waals surface area contributed by atoms with Crippen LogP contribution in [0.3, 0.4) is 0 Å². The number of hydrogen-bond acceptors (Lipinski definition) is 7. The van der Waals surface area contributed by atoms with Crippen LogP contribution in [0.15, 0.2) is 34.8 Å². The molecule has 0 saturated carbocycles. The largest absolute Gasteiger partial charge is 0.494 e. The van der Waals surface area contributed by atoms with E-state index in [9.17, 15) is 13.8 Å². The molecule has 0 spiro atoms. The van der Waals surface area contributed by atoms with Crippen molar-refractivity contribution < 1.29 is 23.3 Å². The Balaban J connectivity index is 1.99. The van der Waals surface area contributed by atoms with Crippen LogP contribution < -0.4 is 9.47 Å². The number of ketones is 2. The minimum atomic E-state index is -2.46. The normalized spacial score (nSPS) is 15.5. The molecule has 1 aliphatic rings. The minimum Gasteiger partial charge on any atom is -0.494 e. The topological polar surface area (TPSA) is 99.8 Å². The van der Waals surface area contributed by atoms with E-state index in [-0.39, 0.29) is 40.1 Å². The molecular formula is C22H26ClN3O5S. The van der Waals surface area contributed by atoms with E-state index in [1.54, 1.807) is 25.3 Å². The second-order valence-electron chi connectivity index (χ2n) is 7.45. The van der Waals surface area contributed by atoms with Gasteiger partial charge in [-0.1, -0.05) is 18.0 Å². The number of nitrogens with zero attached hydrogens (tertiary/aromatic N) is 3.